The lowest BCUT2D eigenvalue weighted by Gasteiger charge is -2.58. The van der Waals surface area contributed by atoms with Crippen molar-refractivity contribution in [1.82, 2.24) is 35.3 Å². The van der Waals surface area contributed by atoms with Gasteiger partial charge in [-0.3, -0.25) is 4.79 Å². The van der Waals surface area contributed by atoms with Crippen molar-refractivity contribution < 1.29 is 14.4 Å². The third-order valence-electron chi connectivity index (χ3n) is 8.91. The number of hydrogen-bond acceptors (Lipinski definition) is 9. The Kier molecular flexibility index (Phi) is 5.07. The van der Waals surface area contributed by atoms with Crippen molar-refractivity contribution in [3.63, 3.8) is 0 Å². The number of pyridine rings is 1. The Morgan fingerprint density at radius 3 is 2.72 bits per heavy atom. The number of aromatic amines is 1. The number of aromatic nitrogens is 5. The van der Waals surface area contributed by atoms with E-state index in [0.717, 1.165) is 63.7 Å². The van der Waals surface area contributed by atoms with E-state index >= 15 is 0 Å². The first-order chi connectivity index (χ1) is 17.4. The number of likely N-dealkylation sites (tertiary alicyclic amines) is 1. The monoisotopic (exact) mass is 492 g/mol. The largest absolute Gasteiger partial charge is 0.390 e. The number of amides is 1. The Hall–Kier alpha value is -3.05. The first-order valence-electron chi connectivity index (χ1n) is 13.1. The number of rotatable bonds is 5. The molecule has 36 heavy (non-hydrogen) atoms. The molecular formula is C25H32N8O3. The fourth-order valence-electron chi connectivity index (χ4n) is 7.41. The summed E-state index contributed by atoms with van der Waals surface area (Å²) < 4.78 is 5.39. The Bertz CT molecular complexity index is 1280. The van der Waals surface area contributed by atoms with Gasteiger partial charge in [-0.1, -0.05) is 5.16 Å². The normalized spacial score (nSPS) is 32.3. The number of nitrogens with zero attached hydrogens (tertiary/aromatic N) is 5. The van der Waals surface area contributed by atoms with Crippen LogP contribution in [0.1, 0.15) is 55.6 Å². The summed E-state index contributed by atoms with van der Waals surface area (Å²) >= 11 is 0. The van der Waals surface area contributed by atoms with Gasteiger partial charge >= 0.3 is 11.8 Å². The van der Waals surface area contributed by atoms with Gasteiger partial charge in [0.25, 0.3) is 0 Å². The molecule has 11 heteroatoms. The zero-order valence-electron chi connectivity index (χ0n) is 20.4. The van der Waals surface area contributed by atoms with Gasteiger partial charge in [-0.25, -0.2) is 9.97 Å². The number of hydrogen-bond donors (Lipinski definition) is 4. The number of anilines is 1. The highest BCUT2D eigenvalue weighted by Crippen LogP contribution is 2.56. The molecule has 1 unspecified atom stereocenters. The van der Waals surface area contributed by atoms with Crippen LogP contribution in [0.4, 0.5) is 5.69 Å². The number of carbonyl (C=O) groups excluding carboxylic acids is 1. The Morgan fingerprint density at radius 1 is 1.19 bits per heavy atom. The van der Waals surface area contributed by atoms with Gasteiger partial charge < -0.3 is 30.1 Å². The zero-order chi connectivity index (χ0) is 24.4. The maximum Gasteiger partial charge on any atom is 0.316 e. The van der Waals surface area contributed by atoms with E-state index in [-0.39, 0.29) is 23.9 Å². The third-order valence-corrected chi connectivity index (χ3v) is 8.91. The van der Waals surface area contributed by atoms with E-state index in [1.165, 1.54) is 0 Å². The highest BCUT2D eigenvalue weighted by Gasteiger charge is 2.54. The van der Waals surface area contributed by atoms with E-state index in [2.05, 4.69) is 47.7 Å². The minimum Gasteiger partial charge on any atom is -0.390 e. The van der Waals surface area contributed by atoms with Crippen molar-refractivity contribution in [1.29, 1.82) is 0 Å². The molecule has 3 aromatic rings. The minimum absolute atomic E-state index is 0.0474. The number of piperidine rings is 1. The summed E-state index contributed by atoms with van der Waals surface area (Å²) in [5, 5.41) is 22.0. The van der Waals surface area contributed by atoms with Crippen molar-refractivity contribution in [3.05, 3.63) is 18.4 Å². The first kappa shape index (κ1) is 22.2. The molecule has 11 nitrogen and oxygen atoms in total. The summed E-state index contributed by atoms with van der Waals surface area (Å²) in [6.45, 7) is 1.90. The van der Waals surface area contributed by atoms with Gasteiger partial charge in [0.2, 0.25) is 5.82 Å². The van der Waals surface area contributed by atoms with Crippen LogP contribution < -0.4 is 10.6 Å². The molecule has 0 spiro atoms. The Morgan fingerprint density at radius 2 is 1.97 bits per heavy atom. The molecule has 8 rings (SSSR count). The summed E-state index contributed by atoms with van der Waals surface area (Å²) in [7, 11) is 2.09. The van der Waals surface area contributed by atoms with E-state index in [9.17, 15) is 9.90 Å². The van der Waals surface area contributed by atoms with Crippen molar-refractivity contribution in [2.45, 2.75) is 62.6 Å². The molecule has 190 valence electrons. The van der Waals surface area contributed by atoms with Crippen LogP contribution >= 0.6 is 0 Å². The number of carbonyl (C=O) groups is 1. The molecule has 4 saturated carbocycles. The summed E-state index contributed by atoms with van der Waals surface area (Å²) in [4.78, 5) is 31.6. The fourth-order valence-corrected chi connectivity index (χ4v) is 7.41. The maximum atomic E-state index is 12.8. The quantitative estimate of drug-likeness (QED) is 0.421. The zero-order valence-corrected chi connectivity index (χ0v) is 20.4. The second kappa shape index (κ2) is 8.24. The summed E-state index contributed by atoms with van der Waals surface area (Å²) in [5.74, 6) is 1.37. The van der Waals surface area contributed by atoms with Crippen LogP contribution in [0.3, 0.4) is 0 Å². The third kappa shape index (κ3) is 3.76. The predicted molar refractivity (Wildman–Crippen MR) is 131 cm³/mol. The minimum atomic E-state index is -0.499. The molecule has 3 aromatic heterocycles. The molecule has 1 amide bonds. The van der Waals surface area contributed by atoms with Crippen LogP contribution in [0.5, 0.6) is 0 Å². The fraction of sp³-hybridized carbons (Fsp3) is 0.640. The van der Waals surface area contributed by atoms with E-state index < -0.39 is 5.60 Å². The summed E-state index contributed by atoms with van der Waals surface area (Å²) in [5.41, 5.74) is 2.34. The van der Waals surface area contributed by atoms with Gasteiger partial charge in [-0.2, -0.15) is 4.98 Å². The molecule has 4 N–H and O–H groups in total. The van der Waals surface area contributed by atoms with E-state index in [1.807, 2.05) is 0 Å². The molecule has 4 heterocycles. The number of fused-ring (bicyclic) bond motifs is 1. The Labute approximate surface area is 208 Å². The van der Waals surface area contributed by atoms with Gasteiger partial charge in [-0.15, -0.1) is 0 Å². The standard InChI is InChI=1S/C25H32N8O3/c1-33-4-2-16(3-5-33)29-23(34)24-31-21(32-36-24)17-11-26-22-20(27-12-28-22)19(17)30-18-14-6-13-7-15(18)10-25(35,8-13)9-14/h11-16,18,35H,2-10H2,1H3,(H,29,34)(H2,26,27,28,30)/t13?,14-,15+,18+,25-. The van der Waals surface area contributed by atoms with Crippen molar-refractivity contribution >= 4 is 22.8 Å². The highest BCUT2D eigenvalue weighted by atomic mass is 16.5. The van der Waals surface area contributed by atoms with Gasteiger partial charge in [0.05, 0.1) is 23.2 Å². The van der Waals surface area contributed by atoms with Crippen molar-refractivity contribution in [2.24, 2.45) is 17.8 Å². The Balaban J connectivity index is 1.17. The summed E-state index contributed by atoms with van der Waals surface area (Å²) in [6, 6.07) is 0.345. The molecule has 0 radical (unpaired) electrons. The van der Waals surface area contributed by atoms with E-state index in [4.69, 9.17) is 4.52 Å². The summed E-state index contributed by atoms with van der Waals surface area (Å²) in [6.07, 6.45) is 10.0. The maximum absolute atomic E-state index is 12.8. The smallest absolute Gasteiger partial charge is 0.316 e. The van der Waals surface area contributed by atoms with Gasteiger partial charge in [-0.05, 0) is 82.8 Å². The average molecular weight is 493 g/mol. The number of imidazole rings is 1. The first-order valence-corrected chi connectivity index (χ1v) is 13.1. The lowest BCUT2D eigenvalue weighted by atomic mass is 9.52. The molecule has 0 aromatic carbocycles. The molecule has 4 aliphatic carbocycles. The molecule has 5 fully saturated rings. The number of aliphatic hydroxyl groups is 1. The molecule has 5 aliphatic rings. The molecular weight excluding hydrogens is 460 g/mol. The average Bonchev–Trinajstić information content (AvgIpc) is 3.52. The van der Waals surface area contributed by atoms with Crippen LogP contribution in [-0.4, -0.2) is 78.8 Å². The lowest BCUT2D eigenvalue weighted by Crippen LogP contribution is -2.59. The van der Waals surface area contributed by atoms with Gasteiger partial charge in [0, 0.05) is 18.3 Å². The van der Waals surface area contributed by atoms with Crippen molar-refractivity contribution in [2.75, 3.05) is 25.5 Å². The van der Waals surface area contributed by atoms with Crippen molar-refractivity contribution in [3.8, 4) is 11.4 Å². The van der Waals surface area contributed by atoms with E-state index in [0.29, 0.717) is 40.3 Å². The number of H-pyrrole nitrogens is 1. The van der Waals surface area contributed by atoms with Gasteiger partial charge in [0.1, 0.15) is 5.52 Å². The molecule has 1 saturated heterocycles. The lowest BCUT2D eigenvalue weighted by molar-refractivity contribution is -0.129. The SMILES string of the molecule is CN1CCC(NC(=O)c2nc(-c3cnc4[nH]cnc4c3N[C@H]3[C@@H]4CC5C[C@H]3C[C@@](O)(C5)C4)no2)CC1. The second-order valence-corrected chi connectivity index (χ2v) is 11.5. The topological polar surface area (TPSA) is 145 Å². The van der Waals surface area contributed by atoms with Crippen LogP contribution in [0.15, 0.2) is 17.0 Å². The van der Waals surface area contributed by atoms with Crippen LogP contribution in [-0.2, 0) is 0 Å². The van der Waals surface area contributed by atoms with Gasteiger partial charge in [0.15, 0.2) is 5.65 Å². The molecule has 5 atom stereocenters. The highest BCUT2D eigenvalue weighted by molar-refractivity contribution is 5.95. The molecule has 4 bridgehead atoms. The van der Waals surface area contributed by atoms with E-state index in [1.54, 1.807) is 12.5 Å². The molecule has 1 aliphatic heterocycles. The van der Waals surface area contributed by atoms with Crippen LogP contribution in [0.25, 0.3) is 22.6 Å². The number of nitrogens with one attached hydrogen (secondary N) is 3. The van der Waals surface area contributed by atoms with Crippen LogP contribution in [0, 0.1) is 17.8 Å². The second-order valence-electron chi connectivity index (χ2n) is 11.5. The van der Waals surface area contributed by atoms with Crippen LogP contribution in [0.2, 0.25) is 0 Å². The predicted octanol–water partition coefficient (Wildman–Crippen LogP) is 2.18.